The van der Waals surface area contributed by atoms with E-state index in [4.69, 9.17) is 9.15 Å². The van der Waals surface area contributed by atoms with Crippen molar-refractivity contribution in [3.63, 3.8) is 0 Å². The van der Waals surface area contributed by atoms with Crippen LogP contribution in [-0.2, 0) is 19.6 Å². The van der Waals surface area contributed by atoms with Crippen LogP contribution in [0.25, 0.3) is 0 Å². The zero-order valence-corrected chi connectivity index (χ0v) is 18.1. The van der Waals surface area contributed by atoms with Gasteiger partial charge in [-0.25, -0.2) is 4.39 Å². The number of rotatable bonds is 11. The number of halogens is 1. The normalized spacial score (nSPS) is 11.8. The lowest BCUT2D eigenvalue weighted by Crippen LogP contribution is -3.08. The third-order valence-electron chi connectivity index (χ3n) is 4.88. The SMILES string of the molecule is CCCNC(=O)c1ccc(C[NH+](Cc2ccc(OCC)cc2)Cc2cccc(F)c2)o1. The second kappa shape index (κ2) is 11.3. The van der Waals surface area contributed by atoms with Crippen LogP contribution in [0.3, 0.4) is 0 Å². The lowest BCUT2D eigenvalue weighted by atomic mass is 10.1. The number of carbonyl (C=O) groups is 1. The maximum absolute atomic E-state index is 13.7. The first-order valence-electron chi connectivity index (χ1n) is 10.7. The largest absolute Gasteiger partial charge is 0.494 e. The molecular weight excluding hydrogens is 395 g/mol. The quantitative estimate of drug-likeness (QED) is 0.492. The van der Waals surface area contributed by atoms with Crippen molar-refractivity contribution in [3.05, 3.63) is 89.1 Å². The molecule has 0 saturated carbocycles. The van der Waals surface area contributed by atoms with Gasteiger partial charge >= 0.3 is 0 Å². The van der Waals surface area contributed by atoms with E-state index >= 15 is 0 Å². The van der Waals surface area contributed by atoms with E-state index < -0.39 is 0 Å². The molecule has 3 aromatic rings. The summed E-state index contributed by atoms with van der Waals surface area (Å²) in [6, 6.07) is 18.2. The first kappa shape index (κ1) is 22.6. The van der Waals surface area contributed by atoms with Crippen molar-refractivity contribution < 1.29 is 23.2 Å². The summed E-state index contributed by atoms with van der Waals surface area (Å²) in [7, 11) is 0. The van der Waals surface area contributed by atoms with E-state index in [1.807, 2.05) is 50.2 Å². The van der Waals surface area contributed by atoms with E-state index in [0.717, 1.165) is 35.6 Å². The van der Waals surface area contributed by atoms with Gasteiger partial charge in [0.2, 0.25) is 0 Å². The Hall–Kier alpha value is -3.12. The summed E-state index contributed by atoms with van der Waals surface area (Å²) in [5.41, 5.74) is 2.05. The van der Waals surface area contributed by atoms with Crippen LogP contribution in [0.2, 0.25) is 0 Å². The number of furan rings is 1. The average Bonchev–Trinajstić information content (AvgIpc) is 3.22. The highest BCUT2D eigenvalue weighted by atomic mass is 19.1. The van der Waals surface area contributed by atoms with Crippen LogP contribution in [0.4, 0.5) is 4.39 Å². The molecule has 3 rings (SSSR count). The van der Waals surface area contributed by atoms with Crippen molar-refractivity contribution in [3.8, 4) is 5.75 Å². The lowest BCUT2D eigenvalue weighted by Gasteiger charge is -2.19. The molecule has 6 heteroatoms. The van der Waals surface area contributed by atoms with Crippen LogP contribution in [0.5, 0.6) is 5.75 Å². The molecule has 1 heterocycles. The Morgan fingerprint density at radius 1 is 1.00 bits per heavy atom. The minimum atomic E-state index is -0.245. The fourth-order valence-electron chi connectivity index (χ4n) is 3.45. The first-order valence-corrected chi connectivity index (χ1v) is 10.7. The lowest BCUT2D eigenvalue weighted by molar-refractivity contribution is -0.942. The number of benzene rings is 2. The predicted octanol–water partition coefficient (Wildman–Crippen LogP) is 3.74. The third-order valence-corrected chi connectivity index (χ3v) is 4.88. The first-order chi connectivity index (χ1) is 15.1. The van der Waals surface area contributed by atoms with Crippen molar-refractivity contribution in [2.24, 2.45) is 0 Å². The van der Waals surface area contributed by atoms with Crippen molar-refractivity contribution in [1.29, 1.82) is 0 Å². The Bertz CT molecular complexity index is 969. The number of nitrogens with one attached hydrogen (secondary N) is 2. The number of amides is 1. The van der Waals surface area contributed by atoms with E-state index in [2.05, 4.69) is 5.32 Å². The van der Waals surface area contributed by atoms with Crippen molar-refractivity contribution in [2.45, 2.75) is 39.9 Å². The highest BCUT2D eigenvalue weighted by Crippen LogP contribution is 2.12. The molecule has 1 atom stereocenters. The Labute approximate surface area is 182 Å². The van der Waals surface area contributed by atoms with Gasteiger partial charge in [-0.1, -0.05) is 19.1 Å². The molecule has 31 heavy (non-hydrogen) atoms. The monoisotopic (exact) mass is 425 g/mol. The van der Waals surface area contributed by atoms with Crippen LogP contribution < -0.4 is 15.0 Å². The van der Waals surface area contributed by atoms with Gasteiger partial charge in [-0.05, 0) is 61.9 Å². The summed E-state index contributed by atoms with van der Waals surface area (Å²) >= 11 is 0. The van der Waals surface area contributed by atoms with Crippen LogP contribution in [0.1, 0.15) is 47.7 Å². The fourth-order valence-corrected chi connectivity index (χ4v) is 3.45. The van der Waals surface area contributed by atoms with Gasteiger partial charge in [-0.3, -0.25) is 4.79 Å². The zero-order chi connectivity index (χ0) is 22.1. The summed E-state index contributed by atoms with van der Waals surface area (Å²) in [5, 5.41) is 2.82. The van der Waals surface area contributed by atoms with Crippen LogP contribution in [0, 0.1) is 5.82 Å². The zero-order valence-electron chi connectivity index (χ0n) is 18.1. The number of quaternary nitrogens is 1. The number of hydrogen-bond donors (Lipinski definition) is 2. The van der Waals surface area contributed by atoms with Gasteiger partial charge in [0.15, 0.2) is 11.5 Å². The van der Waals surface area contributed by atoms with Crippen molar-refractivity contribution in [2.75, 3.05) is 13.2 Å². The molecule has 0 saturated heterocycles. The van der Waals surface area contributed by atoms with Gasteiger partial charge in [0.25, 0.3) is 5.91 Å². The molecular formula is C25H30FN2O3+. The smallest absolute Gasteiger partial charge is 0.286 e. The van der Waals surface area contributed by atoms with E-state index in [1.165, 1.54) is 11.0 Å². The van der Waals surface area contributed by atoms with Crippen molar-refractivity contribution in [1.82, 2.24) is 5.32 Å². The Balaban J connectivity index is 1.74. The van der Waals surface area contributed by atoms with Crippen LogP contribution >= 0.6 is 0 Å². The highest BCUT2D eigenvalue weighted by molar-refractivity contribution is 5.91. The Kier molecular flexibility index (Phi) is 8.24. The summed E-state index contributed by atoms with van der Waals surface area (Å²) in [4.78, 5) is 13.3. The summed E-state index contributed by atoms with van der Waals surface area (Å²) in [6.07, 6.45) is 0.868. The molecule has 0 radical (unpaired) electrons. The second-order valence-electron chi connectivity index (χ2n) is 7.51. The summed E-state index contributed by atoms with van der Waals surface area (Å²) in [5.74, 6) is 1.43. The standard InChI is InChI=1S/C25H29FN2O3/c1-3-14-27-25(29)24-13-12-23(31-24)18-28(17-20-6-5-7-21(26)15-20)16-19-8-10-22(11-9-19)30-4-2/h5-13,15H,3-4,14,16-18H2,1-2H3,(H,27,29)/p+1. The molecule has 164 valence electrons. The van der Waals surface area contributed by atoms with E-state index in [-0.39, 0.29) is 11.7 Å². The van der Waals surface area contributed by atoms with Crippen LogP contribution in [-0.4, -0.2) is 19.1 Å². The summed E-state index contributed by atoms with van der Waals surface area (Å²) < 4.78 is 25.0. The van der Waals surface area contributed by atoms with E-state index in [1.54, 1.807) is 18.2 Å². The van der Waals surface area contributed by atoms with Gasteiger partial charge in [-0.15, -0.1) is 0 Å². The minimum absolute atomic E-state index is 0.203. The highest BCUT2D eigenvalue weighted by Gasteiger charge is 2.17. The molecule has 5 nitrogen and oxygen atoms in total. The number of carbonyl (C=O) groups excluding carboxylic acids is 1. The second-order valence-corrected chi connectivity index (χ2v) is 7.51. The molecule has 2 N–H and O–H groups in total. The average molecular weight is 426 g/mol. The van der Waals surface area contributed by atoms with Gasteiger partial charge in [0, 0.05) is 17.7 Å². The minimum Gasteiger partial charge on any atom is -0.494 e. The maximum Gasteiger partial charge on any atom is 0.286 e. The predicted molar refractivity (Wildman–Crippen MR) is 117 cm³/mol. The molecule has 0 aliphatic rings. The molecule has 2 aromatic carbocycles. The molecule has 0 spiro atoms. The molecule has 0 fully saturated rings. The van der Waals surface area contributed by atoms with Gasteiger partial charge in [0.1, 0.15) is 31.2 Å². The molecule has 1 unspecified atom stereocenters. The number of hydrogen-bond acceptors (Lipinski definition) is 3. The maximum atomic E-state index is 13.7. The van der Waals surface area contributed by atoms with Gasteiger partial charge in [0.05, 0.1) is 6.61 Å². The van der Waals surface area contributed by atoms with Crippen LogP contribution in [0.15, 0.2) is 65.1 Å². The Morgan fingerprint density at radius 2 is 1.77 bits per heavy atom. The van der Waals surface area contributed by atoms with Gasteiger partial charge in [-0.2, -0.15) is 0 Å². The number of ether oxygens (including phenoxy) is 1. The topological polar surface area (TPSA) is 55.9 Å². The Morgan fingerprint density at radius 3 is 2.48 bits per heavy atom. The molecule has 0 aliphatic heterocycles. The van der Waals surface area contributed by atoms with Crippen molar-refractivity contribution >= 4 is 5.91 Å². The van der Waals surface area contributed by atoms with E-state index in [9.17, 15) is 9.18 Å². The molecule has 1 amide bonds. The van der Waals surface area contributed by atoms with E-state index in [0.29, 0.717) is 32.0 Å². The summed E-state index contributed by atoms with van der Waals surface area (Å²) in [6.45, 7) is 7.13. The fraction of sp³-hybridized carbons (Fsp3) is 0.320. The molecule has 1 aromatic heterocycles. The molecule has 0 aliphatic carbocycles. The molecule has 0 bridgehead atoms. The third kappa shape index (κ3) is 6.96. The van der Waals surface area contributed by atoms with Gasteiger partial charge < -0.3 is 19.4 Å².